The maximum atomic E-state index is 12.0. The first-order valence-electron chi connectivity index (χ1n) is 6.51. The van der Waals surface area contributed by atoms with Gasteiger partial charge in [-0.25, -0.2) is 4.98 Å². The fourth-order valence-electron chi connectivity index (χ4n) is 2.25. The highest BCUT2D eigenvalue weighted by Gasteiger charge is 2.25. The zero-order valence-corrected chi connectivity index (χ0v) is 12.1. The van der Waals surface area contributed by atoms with Crippen LogP contribution in [-0.2, 0) is 16.1 Å². The lowest BCUT2D eigenvalue weighted by Gasteiger charge is -2.30. The molecule has 0 saturated carbocycles. The molecule has 0 aromatic carbocycles. The van der Waals surface area contributed by atoms with Crippen LogP contribution in [0, 0.1) is 12.8 Å². The van der Waals surface area contributed by atoms with Crippen LogP contribution in [0.4, 0.5) is 0 Å². The van der Waals surface area contributed by atoms with Gasteiger partial charge in [0.05, 0.1) is 6.54 Å². The molecule has 0 unspecified atom stereocenters. The molecule has 1 saturated heterocycles. The highest BCUT2D eigenvalue weighted by Crippen LogP contribution is 2.18. The molecule has 1 N–H and O–H groups in total. The molecule has 6 heteroatoms. The number of aryl methyl sites for hydroxylation is 1. The van der Waals surface area contributed by atoms with E-state index < -0.39 is 0 Å². The molecule has 1 aromatic rings. The Morgan fingerprint density at radius 3 is 2.68 bits per heavy atom. The molecule has 19 heavy (non-hydrogen) atoms. The number of rotatable bonds is 3. The van der Waals surface area contributed by atoms with Gasteiger partial charge in [-0.1, -0.05) is 0 Å². The minimum Gasteiger partial charge on any atom is -0.349 e. The number of carbonyl (C=O) groups excluding carboxylic acids is 2. The van der Waals surface area contributed by atoms with Gasteiger partial charge >= 0.3 is 0 Å². The van der Waals surface area contributed by atoms with Crippen molar-refractivity contribution in [2.45, 2.75) is 33.2 Å². The number of nitrogens with one attached hydrogen (secondary N) is 1. The number of amides is 2. The quantitative estimate of drug-likeness (QED) is 0.909. The summed E-state index contributed by atoms with van der Waals surface area (Å²) in [6.45, 7) is 5.45. The summed E-state index contributed by atoms with van der Waals surface area (Å²) in [7, 11) is 0. The van der Waals surface area contributed by atoms with E-state index in [4.69, 9.17) is 0 Å². The Hall–Kier alpha value is -1.43. The van der Waals surface area contributed by atoms with E-state index in [-0.39, 0.29) is 17.7 Å². The van der Waals surface area contributed by atoms with E-state index in [2.05, 4.69) is 10.3 Å². The van der Waals surface area contributed by atoms with E-state index in [1.54, 1.807) is 23.2 Å². The third kappa shape index (κ3) is 3.76. The average Bonchev–Trinajstić information content (AvgIpc) is 2.82. The molecular weight excluding hydrogens is 262 g/mol. The lowest BCUT2D eigenvalue weighted by Crippen LogP contribution is -2.42. The number of likely N-dealkylation sites (tertiary alicyclic amines) is 1. The average molecular weight is 281 g/mol. The summed E-state index contributed by atoms with van der Waals surface area (Å²) in [6, 6.07) is 0. The van der Waals surface area contributed by atoms with E-state index in [0.29, 0.717) is 19.6 Å². The minimum atomic E-state index is 0.0247. The van der Waals surface area contributed by atoms with E-state index in [0.717, 1.165) is 22.7 Å². The van der Waals surface area contributed by atoms with Gasteiger partial charge in [-0.05, 0) is 19.8 Å². The van der Waals surface area contributed by atoms with Crippen LogP contribution in [0.2, 0.25) is 0 Å². The van der Waals surface area contributed by atoms with E-state index in [9.17, 15) is 9.59 Å². The van der Waals surface area contributed by atoms with Crippen molar-refractivity contribution < 1.29 is 9.59 Å². The largest absolute Gasteiger partial charge is 0.349 e. The first-order valence-corrected chi connectivity index (χ1v) is 7.32. The maximum absolute atomic E-state index is 12.0. The second kappa shape index (κ2) is 6.14. The Balaban J connectivity index is 1.77. The fraction of sp³-hybridized carbons (Fsp3) is 0.615. The summed E-state index contributed by atoms with van der Waals surface area (Å²) in [5.74, 6) is 0.199. The van der Waals surface area contributed by atoms with E-state index in [1.165, 1.54) is 0 Å². The third-order valence-corrected chi connectivity index (χ3v) is 4.31. The normalized spacial score (nSPS) is 16.4. The minimum absolute atomic E-state index is 0.0247. The lowest BCUT2D eigenvalue weighted by molar-refractivity contribution is -0.134. The van der Waals surface area contributed by atoms with Crippen LogP contribution in [0.15, 0.2) is 6.20 Å². The van der Waals surface area contributed by atoms with Crippen LogP contribution in [0.5, 0.6) is 0 Å². The zero-order chi connectivity index (χ0) is 13.8. The molecule has 0 spiro atoms. The lowest BCUT2D eigenvalue weighted by atomic mass is 9.96. The molecule has 0 radical (unpaired) electrons. The molecule has 1 aromatic heterocycles. The summed E-state index contributed by atoms with van der Waals surface area (Å²) in [5, 5.41) is 3.87. The maximum Gasteiger partial charge on any atom is 0.223 e. The molecule has 1 aliphatic heterocycles. The molecule has 2 amide bonds. The van der Waals surface area contributed by atoms with Crippen LogP contribution < -0.4 is 5.32 Å². The molecular formula is C13H19N3O2S. The summed E-state index contributed by atoms with van der Waals surface area (Å²) in [4.78, 5) is 30.4. The second-order valence-corrected chi connectivity index (χ2v) is 6.18. The molecule has 2 rings (SSSR count). The number of hydrogen-bond acceptors (Lipinski definition) is 4. The number of carbonyl (C=O) groups is 2. The van der Waals surface area contributed by atoms with Crippen LogP contribution in [0.1, 0.15) is 29.7 Å². The molecule has 5 nitrogen and oxygen atoms in total. The SMILES string of the molecule is CC(=O)N1CCC(C(=O)NCc2ncc(C)s2)CC1. The van der Waals surface area contributed by atoms with Gasteiger partial charge in [0.15, 0.2) is 0 Å². The van der Waals surface area contributed by atoms with Crippen molar-refractivity contribution in [2.24, 2.45) is 5.92 Å². The highest BCUT2D eigenvalue weighted by molar-refractivity contribution is 7.11. The van der Waals surface area contributed by atoms with Crippen molar-refractivity contribution in [2.75, 3.05) is 13.1 Å². The van der Waals surface area contributed by atoms with Gasteiger partial charge in [-0.15, -0.1) is 11.3 Å². The number of nitrogens with zero attached hydrogens (tertiary/aromatic N) is 2. The van der Waals surface area contributed by atoms with Crippen molar-refractivity contribution in [3.05, 3.63) is 16.1 Å². The Morgan fingerprint density at radius 1 is 1.47 bits per heavy atom. The van der Waals surface area contributed by atoms with Gasteiger partial charge in [0.2, 0.25) is 11.8 Å². The Morgan fingerprint density at radius 2 is 2.16 bits per heavy atom. The predicted molar refractivity (Wildman–Crippen MR) is 73.7 cm³/mol. The van der Waals surface area contributed by atoms with Crippen LogP contribution in [0.25, 0.3) is 0 Å². The van der Waals surface area contributed by atoms with Crippen molar-refractivity contribution in [3.8, 4) is 0 Å². The predicted octanol–water partition coefficient (Wildman–Crippen LogP) is 1.33. The summed E-state index contributed by atoms with van der Waals surface area (Å²) >= 11 is 1.60. The number of hydrogen-bond donors (Lipinski definition) is 1. The van der Waals surface area contributed by atoms with Gasteiger partial charge in [-0.2, -0.15) is 0 Å². The van der Waals surface area contributed by atoms with Crippen LogP contribution in [0.3, 0.4) is 0 Å². The number of piperidine rings is 1. The Bertz CT molecular complexity index is 464. The van der Waals surface area contributed by atoms with Gasteiger partial charge in [0.25, 0.3) is 0 Å². The van der Waals surface area contributed by atoms with Gasteiger partial charge in [0.1, 0.15) is 5.01 Å². The molecule has 0 aliphatic carbocycles. The number of thiazole rings is 1. The van der Waals surface area contributed by atoms with Gasteiger partial charge < -0.3 is 10.2 Å². The molecule has 104 valence electrons. The molecule has 1 aliphatic rings. The molecule has 0 bridgehead atoms. The Kier molecular flexibility index (Phi) is 4.52. The van der Waals surface area contributed by atoms with Crippen molar-refractivity contribution in [1.29, 1.82) is 0 Å². The molecule has 0 atom stereocenters. The van der Waals surface area contributed by atoms with Crippen LogP contribution >= 0.6 is 11.3 Å². The molecule has 1 fully saturated rings. The second-order valence-electron chi connectivity index (χ2n) is 4.86. The summed E-state index contributed by atoms with van der Waals surface area (Å²) < 4.78 is 0. The monoisotopic (exact) mass is 281 g/mol. The van der Waals surface area contributed by atoms with Gasteiger partial charge in [0, 0.05) is 37.0 Å². The van der Waals surface area contributed by atoms with Crippen molar-refractivity contribution in [3.63, 3.8) is 0 Å². The Labute approximate surface area is 117 Å². The van der Waals surface area contributed by atoms with E-state index >= 15 is 0 Å². The zero-order valence-electron chi connectivity index (χ0n) is 11.3. The van der Waals surface area contributed by atoms with E-state index in [1.807, 2.05) is 13.1 Å². The number of aromatic nitrogens is 1. The standard InChI is InChI=1S/C13H19N3O2S/c1-9-7-14-12(19-9)8-15-13(18)11-3-5-16(6-4-11)10(2)17/h7,11H,3-6,8H2,1-2H3,(H,15,18). The van der Waals surface area contributed by atoms with Crippen LogP contribution in [-0.4, -0.2) is 34.8 Å². The highest BCUT2D eigenvalue weighted by atomic mass is 32.1. The van der Waals surface area contributed by atoms with Gasteiger partial charge in [-0.3, -0.25) is 9.59 Å². The first kappa shape index (κ1) is 14.0. The first-order chi connectivity index (χ1) is 9.06. The summed E-state index contributed by atoms with van der Waals surface area (Å²) in [5.41, 5.74) is 0. The topological polar surface area (TPSA) is 62.3 Å². The van der Waals surface area contributed by atoms with Crippen molar-refractivity contribution in [1.82, 2.24) is 15.2 Å². The third-order valence-electron chi connectivity index (χ3n) is 3.39. The van der Waals surface area contributed by atoms with Crippen molar-refractivity contribution >= 4 is 23.2 Å². The summed E-state index contributed by atoms with van der Waals surface area (Å²) in [6.07, 6.45) is 3.32. The molecule has 2 heterocycles. The smallest absolute Gasteiger partial charge is 0.223 e. The fourth-order valence-corrected chi connectivity index (χ4v) is 2.97.